The van der Waals surface area contributed by atoms with Crippen LogP contribution in [0.3, 0.4) is 0 Å². The second-order valence-electron chi connectivity index (χ2n) is 5.29. The van der Waals surface area contributed by atoms with Gasteiger partial charge in [-0.25, -0.2) is 4.68 Å². The Bertz CT molecular complexity index is 625. The summed E-state index contributed by atoms with van der Waals surface area (Å²) in [6, 6.07) is 1.81. The second kappa shape index (κ2) is 4.69. The minimum absolute atomic E-state index is 0.301. The van der Waals surface area contributed by atoms with Gasteiger partial charge in [-0.15, -0.1) is 5.10 Å². The lowest BCUT2D eigenvalue weighted by Crippen LogP contribution is -2.33. The van der Waals surface area contributed by atoms with Crippen molar-refractivity contribution in [1.29, 1.82) is 0 Å². The Hall–Kier alpha value is -2.25. The quantitative estimate of drug-likeness (QED) is 0.883. The standard InChI is InChI=1S/C12H16N6O2/c1-17-9(4-7-13-17)10-14-15-16-18(10)8-12(11(19)20)5-2-3-6-12/h4,7H,2-3,5-6,8H2,1H3,(H,19,20). The van der Waals surface area contributed by atoms with Crippen LogP contribution >= 0.6 is 0 Å². The third kappa shape index (κ3) is 1.97. The van der Waals surface area contributed by atoms with Gasteiger partial charge in [-0.2, -0.15) is 5.10 Å². The normalized spacial score (nSPS) is 17.4. The maximum Gasteiger partial charge on any atom is 0.311 e. The van der Waals surface area contributed by atoms with Gasteiger partial charge in [0.1, 0.15) is 5.69 Å². The molecule has 0 amide bonds. The van der Waals surface area contributed by atoms with Gasteiger partial charge in [0.15, 0.2) is 5.82 Å². The summed E-state index contributed by atoms with van der Waals surface area (Å²) in [5.74, 6) is -0.209. The van der Waals surface area contributed by atoms with E-state index in [-0.39, 0.29) is 0 Å². The summed E-state index contributed by atoms with van der Waals surface area (Å²) in [7, 11) is 1.80. The van der Waals surface area contributed by atoms with E-state index in [0.29, 0.717) is 25.2 Å². The Morgan fingerprint density at radius 1 is 1.45 bits per heavy atom. The molecular weight excluding hydrogens is 260 g/mol. The average molecular weight is 276 g/mol. The van der Waals surface area contributed by atoms with Crippen molar-refractivity contribution >= 4 is 5.97 Å². The Kier molecular flexibility index (Phi) is 3.00. The highest BCUT2D eigenvalue weighted by molar-refractivity contribution is 5.75. The predicted molar refractivity (Wildman–Crippen MR) is 68.6 cm³/mol. The minimum atomic E-state index is -0.763. The number of hydrogen-bond donors (Lipinski definition) is 1. The highest BCUT2D eigenvalue weighted by atomic mass is 16.4. The Morgan fingerprint density at radius 2 is 2.20 bits per heavy atom. The maximum atomic E-state index is 11.6. The molecule has 1 fully saturated rings. The van der Waals surface area contributed by atoms with Crippen molar-refractivity contribution in [2.24, 2.45) is 12.5 Å². The lowest BCUT2D eigenvalue weighted by molar-refractivity contribution is -0.149. The number of hydrogen-bond acceptors (Lipinski definition) is 5. The van der Waals surface area contributed by atoms with Gasteiger partial charge in [-0.3, -0.25) is 9.48 Å². The zero-order valence-electron chi connectivity index (χ0n) is 11.2. The molecule has 3 rings (SSSR count). The molecule has 0 aliphatic heterocycles. The molecule has 2 aromatic heterocycles. The van der Waals surface area contributed by atoms with Crippen molar-refractivity contribution in [3.63, 3.8) is 0 Å². The number of aliphatic carboxylic acids is 1. The van der Waals surface area contributed by atoms with E-state index in [1.807, 2.05) is 6.07 Å². The smallest absolute Gasteiger partial charge is 0.311 e. The van der Waals surface area contributed by atoms with Gasteiger partial charge in [0.05, 0.1) is 12.0 Å². The number of carboxylic acids is 1. The first-order chi connectivity index (χ1) is 9.62. The fourth-order valence-corrected chi connectivity index (χ4v) is 2.87. The fourth-order valence-electron chi connectivity index (χ4n) is 2.87. The number of tetrazole rings is 1. The van der Waals surface area contributed by atoms with E-state index < -0.39 is 11.4 Å². The topological polar surface area (TPSA) is 98.7 Å². The van der Waals surface area contributed by atoms with Crippen LogP contribution in [0, 0.1) is 5.41 Å². The molecule has 2 aromatic rings. The first-order valence-corrected chi connectivity index (χ1v) is 6.60. The molecule has 8 heteroatoms. The van der Waals surface area contributed by atoms with Crippen LogP contribution in [-0.4, -0.2) is 41.1 Å². The fraction of sp³-hybridized carbons (Fsp3) is 0.583. The number of aromatic nitrogens is 6. The van der Waals surface area contributed by atoms with E-state index in [4.69, 9.17) is 0 Å². The van der Waals surface area contributed by atoms with E-state index in [1.54, 1.807) is 22.6 Å². The zero-order chi connectivity index (χ0) is 14.2. The monoisotopic (exact) mass is 276 g/mol. The number of rotatable bonds is 4. The van der Waals surface area contributed by atoms with Crippen molar-refractivity contribution in [3.8, 4) is 11.5 Å². The van der Waals surface area contributed by atoms with Crippen molar-refractivity contribution in [2.45, 2.75) is 32.2 Å². The highest BCUT2D eigenvalue weighted by Crippen LogP contribution is 2.40. The molecule has 0 spiro atoms. The lowest BCUT2D eigenvalue weighted by atomic mass is 9.86. The van der Waals surface area contributed by atoms with Crippen molar-refractivity contribution in [3.05, 3.63) is 12.3 Å². The third-order valence-electron chi connectivity index (χ3n) is 4.05. The predicted octanol–water partition coefficient (Wildman–Crippen LogP) is 0.719. The van der Waals surface area contributed by atoms with Crippen LogP contribution in [0.5, 0.6) is 0 Å². The SMILES string of the molecule is Cn1nccc1-c1nnnn1CC1(C(=O)O)CCCC1. The zero-order valence-corrected chi connectivity index (χ0v) is 11.2. The van der Waals surface area contributed by atoms with Crippen molar-refractivity contribution < 1.29 is 9.90 Å². The Labute approximate surface area is 115 Å². The van der Waals surface area contributed by atoms with Crippen LogP contribution in [-0.2, 0) is 18.4 Å². The van der Waals surface area contributed by atoms with Crippen LogP contribution in [0.1, 0.15) is 25.7 Å². The van der Waals surface area contributed by atoms with Crippen molar-refractivity contribution in [2.75, 3.05) is 0 Å². The van der Waals surface area contributed by atoms with E-state index in [2.05, 4.69) is 20.6 Å². The maximum absolute atomic E-state index is 11.6. The number of carbonyl (C=O) groups is 1. The molecule has 0 radical (unpaired) electrons. The number of nitrogens with zero attached hydrogens (tertiary/aromatic N) is 6. The molecule has 1 aliphatic carbocycles. The van der Waals surface area contributed by atoms with E-state index in [9.17, 15) is 9.90 Å². The molecule has 0 atom stereocenters. The second-order valence-corrected chi connectivity index (χ2v) is 5.29. The lowest BCUT2D eigenvalue weighted by Gasteiger charge is -2.23. The molecule has 1 N–H and O–H groups in total. The first kappa shape index (κ1) is 12.8. The van der Waals surface area contributed by atoms with Gasteiger partial charge >= 0.3 is 5.97 Å². The van der Waals surface area contributed by atoms with E-state index in [1.165, 1.54) is 0 Å². The van der Waals surface area contributed by atoms with Crippen molar-refractivity contribution in [1.82, 2.24) is 30.0 Å². The molecule has 2 heterocycles. The number of aryl methyl sites for hydroxylation is 1. The van der Waals surface area contributed by atoms with Crippen LogP contribution in [0.4, 0.5) is 0 Å². The summed E-state index contributed by atoms with van der Waals surface area (Å²) in [6.45, 7) is 0.301. The summed E-state index contributed by atoms with van der Waals surface area (Å²) >= 11 is 0. The molecule has 0 bridgehead atoms. The summed E-state index contributed by atoms with van der Waals surface area (Å²) in [5.41, 5.74) is 0.0245. The summed E-state index contributed by atoms with van der Waals surface area (Å²) in [4.78, 5) is 11.6. The summed E-state index contributed by atoms with van der Waals surface area (Å²) in [5, 5.41) is 25.3. The van der Waals surface area contributed by atoms with Gasteiger partial charge in [-0.05, 0) is 29.3 Å². The molecule has 0 unspecified atom stereocenters. The molecular formula is C12H16N6O2. The minimum Gasteiger partial charge on any atom is -0.481 e. The largest absolute Gasteiger partial charge is 0.481 e. The van der Waals surface area contributed by atoms with E-state index in [0.717, 1.165) is 18.5 Å². The number of carboxylic acid groups (broad SMARTS) is 1. The highest BCUT2D eigenvalue weighted by Gasteiger charge is 2.42. The van der Waals surface area contributed by atoms with Crippen LogP contribution < -0.4 is 0 Å². The Balaban J connectivity index is 1.94. The summed E-state index contributed by atoms with van der Waals surface area (Å²) in [6.07, 6.45) is 4.89. The summed E-state index contributed by atoms with van der Waals surface area (Å²) < 4.78 is 3.25. The molecule has 106 valence electrons. The van der Waals surface area contributed by atoms with Crippen LogP contribution in [0.25, 0.3) is 11.5 Å². The first-order valence-electron chi connectivity index (χ1n) is 6.60. The molecule has 8 nitrogen and oxygen atoms in total. The molecule has 1 aliphatic rings. The third-order valence-corrected chi connectivity index (χ3v) is 4.05. The van der Waals surface area contributed by atoms with Gasteiger partial charge in [-0.1, -0.05) is 12.8 Å². The molecule has 20 heavy (non-hydrogen) atoms. The Morgan fingerprint density at radius 3 is 2.80 bits per heavy atom. The van der Waals surface area contributed by atoms with Crippen LogP contribution in [0.2, 0.25) is 0 Å². The average Bonchev–Trinajstić information content (AvgIpc) is 3.11. The van der Waals surface area contributed by atoms with Gasteiger partial charge in [0.2, 0.25) is 0 Å². The molecule has 1 saturated carbocycles. The van der Waals surface area contributed by atoms with Crippen LogP contribution in [0.15, 0.2) is 12.3 Å². The molecule has 0 aromatic carbocycles. The van der Waals surface area contributed by atoms with E-state index >= 15 is 0 Å². The van der Waals surface area contributed by atoms with Gasteiger partial charge < -0.3 is 5.11 Å². The van der Waals surface area contributed by atoms with Gasteiger partial charge in [0.25, 0.3) is 0 Å². The molecule has 0 saturated heterocycles. The van der Waals surface area contributed by atoms with Gasteiger partial charge in [0, 0.05) is 13.2 Å².